The molecule has 25 heavy (non-hydrogen) atoms. The SMILES string of the molecule is O=C(ON1C(=O)c2ccccc2C1=O)c1cc2c([nH]c1=O)CCOC2. The summed E-state index contributed by atoms with van der Waals surface area (Å²) >= 11 is 0. The largest absolute Gasteiger partial charge is 0.376 e. The van der Waals surface area contributed by atoms with Gasteiger partial charge >= 0.3 is 5.97 Å². The van der Waals surface area contributed by atoms with Crippen molar-refractivity contribution in [2.75, 3.05) is 6.61 Å². The van der Waals surface area contributed by atoms with Gasteiger partial charge in [0.15, 0.2) is 0 Å². The van der Waals surface area contributed by atoms with Gasteiger partial charge < -0.3 is 14.6 Å². The Labute approximate surface area is 140 Å². The van der Waals surface area contributed by atoms with Crippen LogP contribution in [0.3, 0.4) is 0 Å². The van der Waals surface area contributed by atoms with Crippen LogP contribution in [-0.4, -0.2) is 34.4 Å². The van der Waals surface area contributed by atoms with E-state index in [1.807, 2.05) is 0 Å². The van der Waals surface area contributed by atoms with E-state index in [9.17, 15) is 19.2 Å². The number of nitrogens with one attached hydrogen (secondary N) is 1. The van der Waals surface area contributed by atoms with Crippen LogP contribution in [0.15, 0.2) is 35.1 Å². The van der Waals surface area contributed by atoms with Crippen LogP contribution in [0.1, 0.15) is 42.3 Å². The fourth-order valence-electron chi connectivity index (χ4n) is 2.85. The van der Waals surface area contributed by atoms with E-state index in [1.165, 1.54) is 18.2 Å². The number of pyridine rings is 1. The van der Waals surface area contributed by atoms with Crippen LogP contribution < -0.4 is 5.56 Å². The number of carbonyl (C=O) groups is 3. The van der Waals surface area contributed by atoms with Gasteiger partial charge in [0, 0.05) is 12.1 Å². The average Bonchev–Trinajstić information content (AvgIpc) is 2.86. The van der Waals surface area contributed by atoms with E-state index < -0.39 is 23.3 Å². The second kappa shape index (κ2) is 5.67. The average molecular weight is 340 g/mol. The van der Waals surface area contributed by atoms with Crippen molar-refractivity contribution in [2.45, 2.75) is 13.0 Å². The van der Waals surface area contributed by atoms with Crippen molar-refractivity contribution in [3.05, 3.63) is 68.6 Å². The maximum absolute atomic E-state index is 12.3. The smallest absolute Gasteiger partial charge is 0.369 e. The normalized spacial score (nSPS) is 15.8. The van der Waals surface area contributed by atoms with Crippen LogP contribution in [-0.2, 0) is 22.6 Å². The van der Waals surface area contributed by atoms with Crippen LogP contribution in [0.5, 0.6) is 0 Å². The van der Waals surface area contributed by atoms with Crippen LogP contribution >= 0.6 is 0 Å². The monoisotopic (exact) mass is 340 g/mol. The fraction of sp³-hybridized carbons (Fsp3) is 0.176. The molecule has 0 spiro atoms. The third-order valence-electron chi connectivity index (χ3n) is 4.12. The molecule has 0 bridgehead atoms. The Morgan fingerprint density at radius 2 is 1.80 bits per heavy atom. The van der Waals surface area contributed by atoms with E-state index in [2.05, 4.69) is 4.98 Å². The molecule has 126 valence electrons. The maximum Gasteiger partial charge on any atom is 0.369 e. The molecule has 0 aliphatic carbocycles. The molecule has 0 radical (unpaired) electrons. The standard InChI is InChI=1S/C17H12N2O6/c20-14-12(7-9-8-24-6-5-13(9)18-14)17(23)25-19-15(21)10-3-1-2-4-11(10)16(19)22/h1-4,7H,5-6,8H2,(H,18,20). The zero-order chi connectivity index (χ0) is 17.6. The maximum atomic E-state index is 12.3. The Bertz CT molecular complexity index is 942. The molecule has 0 fully saturated rings. The summed E-state index contributed by atoms with van der Waals surface area (Å²) in [7, 11) is 0. The van der Waals surface area contributed by atoms with E-state index >= 15 is 0 Å². The number of H-pyrrole nitrogens is 1. The quantitative estimate of drug-likeness (QED) is 0.811. The predicted molar refractivity (Wildman–Crippen MR) is 82.8 cm³/mol. The number of rotatable bonds is 2. The molecule has 2 amide bonds. The molecule has 3 heterocycles. The highest BCUT2D eigenvalue weighted by Crippen LogP contribution is 2.23. The van der Waals surface area contributed by atoms with Gasteiger partial charge in [0.1, 0.15) is 5.56 Å². The van der Waals surface area contributed by atoms with Gasteiger partial charge in [0.05, 0.1) is 24.3 Å². The van der Waals surface area contributed by atoms with Gasteiger partial charge in [-0.2, -0.15) is 0 Å². The Kier molecular flexibility index (Phi) is 3.47. The predicted octanol–water partition coefficient (Wildman–Crippen LogP) is 0.816. The first-order chi connectivity index (χ1) is 12.1. The van der Waals surface area contributed by atoms with Gasteiger partial charge in [-0.25, -0.2) is 4.79 Å². The molecule has 2 aromatic rings. The minimum atomic E-state index is -1.08. The van der Waals surface area contributed by atoms with Crippen molar-refractivity contribution in [3.63, 3.8) is 0 Å². The number of aromatic nitrogens is 1. The molecule has 8 nitrogen and oxygen atoms in total. The topological polar surface area (TPSA) is 106 Å². The number of benzene rings is 1. The molecular formula is C17H12N2O6. The van der Waals surface area contributed by atoms with Gasteiger partial charge in [-0.15, -0.1) is 0 Å². The molecule has 8 heteroatoms. The molecule has 1 aromatic heterocycles. The molecule has 0 saturated carbocycles. The lowest BCUT2D eigenvalue weighted by Gasteiger charge is -2.17. The van der Waals surface area contributed by atoms with Crippen molar-refractivity contribution in [1.82, 2.24) is 10.0 Å². The number of hydrogen-bond acceptors (Lipinski definition) is 6. The lowest BCUT2D eigenvalue weighted by molar-refractivity contribution is -0.0586. The minimum absolute atomic E-state index is 0.146. The number of amides is 2. The van der Waals surface area contributed by atoms with Crippen LogP contribution in [0, 0.1) is 0 Å². The molecule has 2 aliphatic heterocycles. The number of ether oxygens (including phenoxy) is 1. The Morgan fingerprint density at radius 1 is 1.12 bits per heavy atom. The van der Waals surface area contributed by atoms with E-state index in [0.717, 1.165) is 0 Å². The summed E-state index contributed by atoms with van der Waals surface area (Å²) in [6, 6.07) is 7.50. The number of hydrogen-bond donors (Lipinski definition) is 1. The summed E-state index contributed by atoms with van der Waals surface area (Å²) in [5.41, 5.74) is 0.734. The zero-order valence-corrected chi connectivity index (χ0v) is 12.9. The summed E-state index contributed by atoms with van der Waals surface area (Å²) in [4.78, 5) is 56.4. The number of fused-ring (bicyclic) bond motifs is 2. The van der Waals surface area contributed by atoms with Crippen molar-refractivity contribution in [2.24, 2.45) is 0 Å². The lowest BCUT2D eigenvalue weighted by atomic mass is 10.1. The van der Waals surface area contributed by atoms with Crippen LogP contribution in [0.2, 0.25) is 0 Å². The van der Waals surface area contributed by atoms with Crippen LogP contribution in [0.25, 0.3) is 0 Å². The number of hydroxylamine groups is 2. The third-order valence-corrected chi connectivity index (χ3v) is 4.12. The third kappa shape index (κ3) is 2.43. The number of imide groups is 1. The Morgan fingerprint density at radius 3 is 2.48 bits per heavy atom. The molecule has 1 N–H and O–H groups in total. The van der Waals surface area contributed by atoms with Crippen LogP contribution in [0.4, 0.5) is 0 Å². The van der Waals surface area contributed by atoms with Gasteiger partial charge in [0.2, 0.25) is 0 Å². The second-order valence-electron chi connectivity index (χ2n) is 5.65. The first-order valence-corrected chi connectivity index (χ1v) is 7.59. The lowest BCUT2D eigenvalue weighted by Crippen LogP contribution is -2.35. The number of carbonyl (C=O) groups excluding carboxylic acids is 3. The van der Waals surface area contributed by atoms with Gasteiger partial charge in [-0.05, 0) is 23.8 Å². The summed E-state index contributed by atoms with van der Waals surface area (Å²) in [5, 5.41) is 0.377. The van der Waals surface area contributed by atoms with Gasteiger partial charge in [0.25, 0.3) is 17.4 Å². The highest BCUT2D eigenvalue weighted by Gasteiger charge is 2.39. The van der Waals surface area contributed by atoms with E-state index in [4.69, 9.17) is 9.57 Å². The fourth-order valence-corrected chi connectivity index (χ4v) is 2.85. The van der Waals surface area contributed by atoms with E-state index in [-0.39, 0.29) is 23.3 Å². The van der Waals surface area contributed by atoms with E-state index in [0.29, 0.717) is 29.3 Å². The molecule has 0 saturated heterocycles. The van der Waals surface area contributed by atoms with E-state index in [1.54, 1.807) is 12.1 Å². The number of aromatic amines is 1. The van der Waals surface area contributed by atoms with Crippen molar-refractivity contribution >= 4 is 17.8 Å². The van der Waals surface area contributed by atoms with Crippen molar-refractivity contribution < 1.29 is 24.0 Å². The molecule has 2 aliphatic rings. The first kappa shape index (κ1) is 15.3. The molecule has 0 atom stereocenters. The summed E-state index contributed by atoms with van der Waals surface area (Å²) in [5.74, 6) is -2.57. The summed E-state index contributed by atoms with van der Waals surface area (Å²) in [6.07, 6.45) is 0.540. The minimum Gasteiger partial charge on any atom is -0.376 e. The molecule has 1 aromatic carbocycles. The van der Waals surface area contributed by atoms with Crippen molar-refractivity contribution in [3.8, 4) is 0 Å². The first-order valence-electron chi connectivity index (χ1n) is 7.59. The van der Waals surface area contributed by atoms with Crippen molar-refractivity contribution in [1.29, 1.82) is 0 Å². The molecule has 0 unspecified atom stereocenters. The number of nitrogens with zero attached hydrogens (tertiary/aromatic N) is 1. The molecule has 4 rings (SSSR count). The van der Waals surface area contributed by atoms with Gasteiger partial charge in [-0.3, -0.25) is 14.4 Å². The summed E-state index contributed by atoms with van der Waals surface area (Å²) < 4.78 is 5.29. The van der Waals surface area contributed by atoms with Gasteiger partial charge in [-0.1, -0.05) is 17.2 Å². The highest BCUT2D eigenvalue weighted by molar-refractivity contribution is 6.21. The Balaban J connectivity index is 1.62. The Hall–Kier alpha value is -3.26. The zero-order valence-electron chi connectivity index (χ0n) is 12.9. The summed E-state index contributed by atoms with van der Waals surface area (Å²) in [6.45, 7) is 0.751. The highest BCUT2D eigenvalue weighted by atomic mass is 16.7. The second-order valence-corrected chi connectivity index (χ2v) is 5.65. The molecular weight excluding hydrogens is 328 g/mol.